The fraction of sp³-hybridized carbons (Fsp3) is 0.308. The number of ether oxygens (including phenoxy) is 1. The van der Waals surface area contributed by atoms with E-state index < -0.39 is 33.1 Å². The molecular weight excluding hydrogens is 485 g/mol. The van der Waals surface area contributed by atoms with Crippen LogP contribution in [0.25, 0.3) is 0 Å². The summed E-state index contributed by atoms with van der Waals surface area (Å²) < 4.78 is 42.6. The van der Waals surface area contributed by atoms with E-state index in [-0.39, 0.29) is 35.1 Å². The van der Waals surface area contributed by atoms with Gasteiger partial charge in [-0.15, -0.1) is 0 Å². The van der Waals surface area contributed by atoms with Gasteiger partial charge in [-0.2, -0.15) is 0 Å². The number of anilines is 1. The molecule has 1 heterocycles. The average molecular weight is 514 g/mol. The van der Waals surface area contributed by atoms with Crippen molar-refractivity contribution in [3.63, 3.8) is 0 Å². The lowest BCUT2D eigenvalue weighted by Gasteiger charge is -2.44. The predicted molar refractivity (Wildman–Crippen MR) is 132 cm³/mol. The van der Waals surface area contributed by atoms with E-state index in [1.807, 2.05) is 13.8 Å². The summed E-state index contributed by atoms with van der Waals surface area (Å²) in [5.74, 6) is -2.10. The van der Waals surface area contributed by atoms with Crippen molar-refractivity contribution in [2.75, 3.05) is 11.5 Å². The Bertz CT molecular complexity index is 1390. The van der Waals surface area contributed by atoms with Crippen LogP contribution in [0.2, 0.25) is 0 Å². The second kappa shape index (κ2) is 9.18. The maximum absolute atomic E-state index is 13.8. The Balaban J connectivity index is 2.00. The number of primary sulfonamides is 1. The van der Waals surface area contributed by atoms with Crippen molar-refractivity contribution in [1.29, 1.82) is 0 Å². The number of hydrogen-bond donors (Lipinski definition) is 2. The Morgan fingerprint density at radius 3 is 2.28 bits per heavy atom. The van der Waals surface area contributed by atoms with Gasteiger partial charge < -0.3 is 10.5 Å². The maximum Gasteiger partial charge on any atom is 0.338 e. The van der Waals surface area contributed by atoms with Crippen LogP contribution in [0.3, 0.4) is 0 Å². The Morgan fingerprint density at radius 2 is 1.72 bits per heavy atom. The van der Waals surface area contributed by atoms with Gasteiger partial charge in [0.05, 0.1) is 23.0 Å². The van der Waals surface area contributed by atoms with E-state index in [9.17, 15) is 22.4 Å². The minimum absolute atomic E-state index is 0.0513. The molecule has 0 saturated heterocycles. The third kappa shape index (κ3) is 4.66. The Kier molecular flexibility index (Phi) is 6.52. The van der Waals surface area contributed by atoms with Crippen LogP contribution in [0.4, 0.5) is 10.1 Å². The Morgan fingerprint density at radius 1 is 1.11 bits per heavy atom. The Hall–Kier alpha value is -3.50. The number of nitrogens with zero attached hydrogens (tertiary/aromatic N) is 1. The second-order valence-corrected chi connectivity index (χ2v) is 11.2. The van der Waals surface area contributed by atoms with Gasteiger partial charge in [0.2, 0.25) is 10.0 Å². The lowest BCUT2D eigenvalue weighted by atomic mass is 9.68. The maximum atomic E-state index is 13.8. The van der Waals surface area contributed by atoms with Gasteiger partial charge >= 0.3 is 5.97 Å². The van der Waals surface area contributed by atoms with Gasteiger partial charge in [0.25, 0.3) is 0 Å². The molecule has 1 atom stereocenters. The first-order chi connectivity index (χ1) is 16.8. The van der Waals surface area contributed by atoms with Crippen molar-refractivity contribution in [3.8, 4) is 0 Å². The second-order valence-electron chi connectivity index (χ2n) is 9.68. The summed E-state index contributed by atoms with van der Waals surface area (Å²) in [6.07, 6.45) is 0.706. The summed E-state index contributed by atoms with van der Waals surface area (Å²) in [5.41, 5.74) is 8.28. The number of Topliss-reactive ketones (excluding diaryl/α,β-unsaturated/α-hetero) is 1. The van der Waals surface area contributed by atoms with Gasteiger partial charge in [0.15, 0.2) is 5.78 Å². The van der Waals surface area contributed by atoms with Gasteiger partial charge in [-0.05, 0) is 60.7 Å². The normalized spacial score (nSPS) is 19.9. The third-order valence-electron chi connectivity index (χ3n) is 6.38. The molecule has 2 aromatic carbocycles. The molecule has 2 aromatic rings. The monoisotopic (exact) mass is 513 g/mol. The first-order valence-corrected chi connectivity index (χ1v) is 13.0. The van der Waals surface area contributed by atoms with E-state index in [1.54, 1.807) is 11.8 Å². The molecule has 8 nitrogen and oxygen atoms in total. The molecule has 0 fully saturated rings. The van der Waals surface area contributed by atoms with Crippen LogP contribution in [0, 0.1) is 11.2 Å². The number of benzene rings is 2. The average Bonchev–Trinajstić information content (AvgIpc) is 2.78. The molecule has 0 saturated carbocycles. The summed E-state index contributed by atoms with van der Waals surface area (Å²) in [5, 5.41) is 5.24. The van der Waals surface area contributed by atoms with E-state index in [0.29, 0.717) is 28.9 Å². The quantitative estimate of drug-likeness (QED) is 0.585. The number of rotatable bonds is 5. The van der Waals surface area contributed by atoms with Crippen molar-refractivity contribution in [3.05, 3.63) is 82.6 Å². The van der Waals surface area contributed by atoms with Crippen molar-refractivity contribution in [2.45, 2.75) is 44.4 Å². The zero-order valence-electron chi connectivity index (χ0n) is 20.2. The van der Waals surface area contributed by atoms with Gasteiger partial charge in [0.1, 0.15) is 11.6 Å². The highest BCUT2D eigenvalue weighted by molar-refractivity contribution is 7.89. The molecule has 190 valence electrons. The minimum atomic E-state index is -3.93. The molecule has 4 rings (SSSR count). The molecule has 2 aliphatic rings. The summed E-state index contributed by atoms with van der Waals surface area (Å²) in [7, 11) is -3.93. The van der Waals surface area contributed by atoms with Gasteiger partial charge in [-0.3, -0.25) is 9.69 Å². The van der Waals surface area contributed by atoms with Crippen LogP contribution < -0.4 is 15.8 Å². The molecule has 0 amide bonds. The molecule has 4 N–H and O–H groups in total. The lowest BCUT2D eigenvalue weighted by Crippen LogP contribution is -2.43. The van der Waals surface area contributed by atoms with E-state index >= 15 is 0 Å². The molecule has 36 heavy (non-hydrogen) atoms. The van der Waals surface area contributed by atoms with E-state index in [2.05, 4.69) is 0 Å². The van der Waals surface area contributed by atoms with Crippen LogP contribution >= 0.6 is 0 Å². The van der Waals surface area contributed by atoms with Crippen molar-refractivity contribution >= 4 is 27.5 Å². The molecule has 0 radical (unpaired) electrons. The molecule has 0 spiro atoms. The summed E-state index contributed by atoms with van der Waals surface area (Å²) in [6.45, 7) is 5.67. The number of halogens is 1. The van der Waals surface area contributed by atoms with Crippen LogP contribution in [0.5, 0.6) is 0 Å². The van der Waals surface area contributed by atoms with Crippen LogP contribution in [-0.4, -0.2) is 26.8 Å². The summed E-state index contributed by atoms with van der Waals surface area (Å²) in [6, 6.07) is 11.3. The highest BCUT2D eigenvalue weighted by Gasteiger charge is 2.46. The van der Waals surface area contributed by atoms with Gasteiger partial charge in [-0.1, -0.05) is 26.0 Å². The van der Waals surface area contributed by atoms with E-state index in [4.69, 9.17) is 15.6 Å². The highest BCUT2D eigenvalue weighted by atomic mass is 32.2. The van der Waals surface area contributed by atoms with Crippen LogP contribution in [-0.2, 0) is 24.3 Å². The summed E-state index contributed by atoms with van der Waals surface area (Å²) in [4.78, 5) is 28.4. The molecule has 0 aromatic heterocycles. The minimum Gasteiger partial charge on any atom is -0.463 e. The predicted octanol–water partition coefficient (Wildman–Crippen LogP) is 3.45. The van der Waals surface area contributed by atoms with Crippen molar-refractivity contribution in [1.82, 2.24) is 0 Å². The number of carbonyl (C=O) groups is 2. The number of ketones is 1. The molecule has 1 aliphatic carbocycles. The zero-order chi connectivity index (χ0) is 26.4. The standard InChI is InChI=1S/C26H28FN3O5S/c1-4-35-25(32)23-21(15-5-7-16(27)8-6-15)22-19(13-26(2,3)14-20(22)31)30(24(23)28)17-9-11-18(12-10-17)36(29,33)34/h5-12,21H,4,13-14,28H2,1-3H3,(H2,29,33,34)/t21-/m1/s1. The molecule has 0 unspecified atom stereocenters. The number of nitrogens with two attached hydrogens (primary N) is 2. The van der Waals surface area contributed by atoms with Gasteiger partial charge in [0, 0.05) is 23.4 Å². The molecule has 10 heteroatoms. The van der Waals surface area contributed by atoms with E-state index in [0.717, 1.165) is 0 Å². The third-order valence-corrected chi connectivity index (χ3v) is 7.31. The first-order valence-electron chi connectivity index (χ1n) is 11.5. The molecular formula is C26H28FN3O5S. The zero-order valence-corrected chi connectivity index (χ0v) is 21.1. The van der Waals surface area contributed by atoms with Gasteiger partial charge in [-0.25, -0.2) is 22.7 Å². The smallest absolute Gasteiger partial charge is 0.338 e. The fourth-order valence-electron chi connectivity index (χ4n) is 4.89. The number of hydrogen-bond acceptors (Lipinski definition) is 7. The largest absolute Gasteiger partial charge is 0.463 e. The number of esters is 1. The fourth-order valence-corrected chi connectivity index (χ4v) is 5.40. The Labute approximate surface area is 209 Å². The van der Waals surface area contributed by atoms with Crippen LogP contribution in [0.15, 0.2) is 76.1 Å². The first kappa shape index (κ1) is 25.6. The van der Waals surface area contributed by atoms with Crippen LogP contribution in [0.1, 0.15) is 45.1 Å². The topological polar surface area (TPSA) is 133 Å². The number of sulfonamides is 1. The SMILES string of the molecule is CCOC(=O)C1=C(N)N(c2ccc(S(N)(=O)=O)cc2)C2=C(C(=O)CC(C)(C)C2)[C@H]1c1ccc(F)cc1. The highest BCUT2D eigenvalue weighted by Crippen LogP contribution is 2.50. The van der Waals surface area contributed by atoms with Crippen molar-refractivity contribution < 1.29 is 27.1 Å². The molecule has 1 aliphatic heterocycles. The number of allylic oxidation sites excluding steroid dienone is 2. The lowest BCUT2D eigenvalue weighted by molar-refractivity contribution is -0.138. The molecule has 0 bridgehead atoms. The number of carbonyl (C=O) groups excluding carboxylic acids is 2. The van der Waals surface area contributed by atoms with E-state index in [1.165, 1.54) is 48.5 Å². The van der Waals surface area contributed by atoms with Crippen molar-refractivity contribution in [2.24, 2.45) is 16.3 Å². The summed E-state index contributed by atoms with van der Waals surface area (Å²) >= 11 is 0.